The molecule has 0 saturated heterocycles. The molecule has 3 heteroatoms. The van der Waals surface area contributed by atoms with E-state index in [9.17, 15) is 4.79 Å². The van der Waals surface area contributed by atoms with Crippen LogP contribution in [0.25, 0.3) is 0 Å². The van der Waals surface area contributed by atoms with E-state index in [1.165, 1.54) is 0 Å². The topological polar surface area (TPSA) is 38.3 Å². The fourth-order valence-electron chi connectivity index (χ4n) is 1.02. The Morgan fingerprint density at radius 2 is 2.25 bits per heavy atom. The molecule has 1 rings (SSSR count). The fourth-order valence-corrected chi connectivity index (χ4v) is 1.02. The van der Waals surface area contributed by atoms with Crippen LogP contribution in [-0.2, 0) is 9.53 Å². The van der Waals surface area contributed by atoms with E-state index in [4.69, 9.17) is 4.74 Å². The maximum Gasteiger partial charge on any atom is 0.248 e. The second-order valence-corrected chi connectivity index (χ2v) is 3.25. The standard InChI is InChI=1S/C9H15NO2/c1-6(2)8(11)10-9(12-3)7-4-5-7/h7,9H,1,4-5H2,2-3H3,(H,10,11). The number of amides is 1. The summed E-state index contributed by atoms with van der Waals surface area (Å²) in [6.07, 6.45) is 2.18. The number of ether oxygens (including phenoxy) is 1. The Balaban J connectivity index is 2.36. The zero-order chi connectivity index (χ0) is 9.14. The third-order valence-corrected chi connectivity index (χ3v) is 1.97. The maximum absolute atomic E-state index is 11.2. The van der Waals surface area contributed by atoms with Crippen molar-refractivity contribution in [2.45, 2.75) is 26.0 Å². The molecule has 0 aromatic carbocycles. The first-order valence-corrected chi connectivity index (χ1v) is 4.14. The lowest BCUT2D eigenvalue weighted by Gasteiger charge is -2.15. The van der Waals surface area contributed by atoms with Crippen molar-refractivity contribution in [2.24, 2.45) is 5.92 Å². The summed E-state index contributed by atoms with van der Waals surface area (Å²) in [7, 11) is 1.61. The van der Waals surface area contributed by atoms with Crippen LogP contribution >= 0.6 is 0 Å². The highest BCUT2D eigenvalue weighted by molar-refractivity contribution is 5.92. The van der Waals surface area contributed by atoms with Gasteiger partial charge in [0.05, 0.1) is 0 Å². The Morgan fingerprint density at radius 1 is 1.67 bits per heavy atom. The van der Waals surface area contributed by atoms with E-state index in [0.717, 1.165) is 12.8 Å². The molecule has 1 atom stereocenters. The molecule has 1 amide bonds. The molecule has 0 radical (unpaired) electrons. The van der Waals surface area contributed by atoms with E-state index >= 15 is 0 Å². The average Bonchev–Trinajstić information content (AvgIpc) is 2.82. The van der Waals surface area contributed by atoms with Gasteiger partial charge < -0.3 is 10.1 Å². The molecule has 0 spiro atoms. The lowest BCUT2D eigenvalue weighted by atomic mass is 10.3. The quantitative estimate of drug-likeness (QED) is 0.505. The molecule has 0 aromatic heterocycles. The predicted molar refractivity (Wildman–Crippen MR) is 46.5 cm³/mol. The third kappa shape index (κ3) is 2.34. The summed E-state index contributed by atoms with van der Waals surface area (Å²) in [5.41, 5.74) is 0.526. The lowest BCUT2D eigenvalue weighted by molar-refractivity contribution is -0.121. The van der Waals surface area contributed by atoms with Gasteiger partial charge in [-0.3, -0.25) is 4.79 Å². The van der Waals surface area contributed by atoms with Crippen LogP contribution in [-0.4, -0.2) is 19.2 Å². The molecule has 0 bridgehead atoms. The van der Waals surface area contributed by atoms with Gasteiger partial charge >= 0.3 is 0 Å². The van der Waals surface area contributed by atoms with Crippen molar-refractivity contribution in [3.63, 3.8) is 0 Å². The van der Waals surface area contributed by atoms with Crippen LogP contribution in [0, 0.1) is 5.92 Å². The number of carbonyl (C=O) groups excluding carboxylic acids is 1. The highest BCUT2D eigenvalue weighted by Crippen LogP contribution is 2.32. The summed E-state index contributed by atoms with van der Waals surface area (Å²) in [6, 6.07) is 0. The average molecular weight is 169 g/mol. The molecule has 0 aliphatic heterocycles. The van der Waals surface area contributed by atoms with E-state index in [0.29, 0.717) is 11.5 Å². The second kappa shape index (κ2) is 3.72. The van der Waals surface area contributed by atoms with Gasteiger partial charge in [-0.1, -0.05) is 6.58 Å². The summed E-state index contributed by atoms with van der Waals surface area (Å²) in [5, 5.41) is 2.77. The van der Waals surface area contributed by atoms with Gasteiger partial charge in [0.25, 0.3) is 0 Å². The Bertz CT molecular complexity index is 197. The van der Waals surface area contributed by atoms with Gasteiger partial charge in [-0.15, -0.1) is 0 Å². The van der Waals surface area contributed by atoms with Gasteiger partial charge in [-0.2, -0.15) is 0 Å². The minimum Gasteiger partial charge on any atom is -0.361 e. The van der Waals surface area contributed by atoms with Gasteiger partial charge in [-0.25, -0.2) is 0 Å². The number of nitrogens with one attached hydrogen (secondary N) is 1. The molecule has 0 aromatic rings. The van der Waals surface area contributed by atoms with E-state index < -0.39 is 0 Å². The molecule has 1 saturated carbocycles. The monoisotopic (exact) mass is 169 g/mol. The van der Waals surface area contributed by atoms with Crippen LogP contribution in [0.3, 0.4) is 0 Å². The van der Waals surface area contributed by atoms with Crippen LogP contribution < -0.4 is 5.32 Å². The Hall–Kier alpha value is -0.830. The minimum atomic E-state index is -0.117. The van der Waals surface area contributed by atoms with Crippen LogP contribution in [0.15, 0.2) is 12.2 Å². The van der Waals surface area contributed by atoms with E-state index in [2.05, 4.69) is 11.9 Å². The molecule has 0 heterocycles. The van der Waals surface area contributed by atoms with Crippen molar-refractivity contribution < 1.29 is 9.53 Å². The summed E-state index contributed by atoms with van der Waals surface area (Å²) in [4.78, 5) is 11.2. The number of hydrogen-bond donors (Lipinski definition) is 1. The summed E-state index contributed by atoms with van der Waals surface area (Å²) < 4.78 is 5.12. The Labute approximate surface area is 72.8 Å². The van der Waals surface area contributed by atoms with E-state index in [1.54, 1.807) is 14.0 Å². The van der Waals surface area contributed by atoms with E-state index in [1.807, 2.05) is 0 Å². The van der Waals surface area contributed by atoms with Crippen LogP contribution in [0.5, 0.6) is 0 Å². The number of rotatable bonds is 4. The second-order valence-electron chi connectivity index (χ2n) is 3.25. The van der Waals surface area contributed by atoms with Crippen molar-refractivity contribution in [1.29, 1.82) is 0 Å². The van der Waals surface area contributed by atoms with Crippen molar-refractivity contribution in [2.75, 3.05) is 7.11 Å². The van der Waals surface area contributed by atoms with Crippen LogP contribution in [0.2, 0.25) is 0 Å². The molecule has 1 aliphatic carbocycles. The normalized spacial score (nSPS) is 18.5. The molecule has 1 fully saturated rings. The van der Waals surface area contributed by atoms with Crippen LogP contribution in [0.4, 0.5) is 0 Å². The molecule has 12 heavy (non-hydrogen) atoms. The zero-order valence-corrected chi connectivity index (χ0v) is 7.59. The number of carbonyl (C=O) groups is 1. The molecule has 1 N–H and O–H groups in total. The minimum absolute atomic E-state index is 0.116. The third-order valence-electron chi connectivity index (χ3n) is 1.97. The molecule has 68 valence electrons. The van der Waals surface area contributed by atoms with Crippen molar-refractivity contribution in [3.05, 3.63) is 12.2 Å². The van der Waals surface area contributed by atoms with Crippen molar-refractivity contribution in [3.8, 4) is 0 Å². The van der Waals surface area contributed by atoms with E-state index in [-0.39, 0.29) is 12.1 Å². The van der Waals surface area contributed by atoms with Gasteiger partial charge in [0.2, 0.25) is 5.91 Å². The molecule has 3 nitrogen and oxygen atoms in total. The largest absolute Gasteiger partial charge is 0.361 e. The number of hydrogen-bond acceptors (Lipinski definition) is 2. The lowest BCUT2D eigenvalue weighted by Crippen LogP contribution is -2.37. The van der Waals surface area contributed by atoms with Gasteiger partial charge in [0, 0.05) is 18.6 Å². The Morgan fingerprint density at radius 3 is 2.58 bits per heavy atom. The molecular formula is C9H15NO2. The molecular weight excluding hydrogens is 154 g/mol. The first kappa shape index (κ1) is 9.26. The smallest absolute Gasteiger partial charge is 0.248 e. The van der Waals surface area contributed by atoms with Gasteiger partial charge in [0.1, 0.15) is 6.23 Å². The Kier molecular flexibility index (Phi) is 2.87. The van der Waals surface area contributed by atoms with Gasteiger partial charge in [-0.05, 0) is 19.8 Å². The van der Waals surface area contributed by atoms with Crippen LogP contribution in [0.1, 0.15) is 19.8 Å². The predicted octanol–water partition coefficient (Wildman–Crippen LogP) is 1.06. The summed E-state index contributed by atoms with van der Waals surface area (Å²) in [5.74, 6) is 0.395. The summed E-state index contributed by atoms with van der Waals surface area (Å²) >= 11 is 0. The zero-order valence-electron chi connectivity index (χ0n) is 7.59. The molecule has 1 aliphatic rings. The SMILES string of the molecule is C=C(C)C(=O)NC(OC)C1CC1. The van der Waals surface area contributed by atoms with Gasteiger partial charge in [0.15, 0.2) is 0 Å². The van der Waals surface area contributed by atoms with Crippen molar-refractivity contribution >= 4 is 5.91 Å². The maximum atomic E-state index is 11.2. The first-order valence-electron chi connectivity index (χ1n) is 4.14. The fraction of sp³-hybridized carbons (Fsp3) is 0.667. The number of methoxy groups -OCH3 is 1. The summed E-state index contributed by atoms with van der Waals surface area (Å²) in [6.45, 7) is 5.24. The van der Waals surface area contributed by atoms with Crippen molar-refractivity contribution in [1.82, 2.24) is 5.32 Å². The molecule has 1 unspecified atom stereocenters. The highest BCUT2D eigenvalue weighted by Gasteiger charge is 2.32. The first-order chi connectivity index (χ1) is 5.65. The highest BCUT2D eigenvalue weighted by atomic mass is 16.5.